The van der Waals surface area contributed by atoms with Crippen molar-refractivity contribution >= 4 is 18.1 Å². The van der Waals surface area contributed by atoms with Crippen LogP contribution in [0.1, 0.15) is 5.56 Å². The summed E-state index contributed by atoms with van der Waals surface area (Å²) in [6.45, 7) is -0.190. The maximum absolute atomic E-state index is 13.5. The molecular formula is C19H16ClF2NO2. The van der Waals surface area contributed by atoms with Gasteiger partial charge in [-0.1, -0.05) is 18.2 Å². The first-order valence-corrected chi connectivity index (χ1v) is 7.31. The number of anilines is 1. The van der Waals surface area contributed by atoms with Crippen LogP contribution in [0.25, 0.3) is 0 Å². The summed E-state index contributed by atoms with van der Waals surface area (Å²) in [5, 5.41) is 0. The van der Waals surface area contributed by atoms with Crippen LogP contribution in [0.2, 0.25) is 0 Å². The summed E-state index contributed by atoms with van der Waals surface area (Å²) in [5.41, 5.74) is 6.25. The quantitative estimate of drug-likeness (QED) is 0.622. The summed E-state index contributed by atoms with van der Waals surface area (Å²) >= 11 is 0. The Balaban J connectivity index is 0.00000225. The number of nitrogen functional groups attached to an aromatic ring is 1. The summed E-state index contributed by atoms with van der Waals surface area (Å²) < 4.78 is 38.2. The van der Waals surface area contributed by atoms with Gasteiger partial charge in [0.1, 0.15) is 35.5 Å². The van der Waals surface area contributed by atoms with Gasteiger partial charge in [0.05, 0.1) is 11.3 Å². The zero-order chi connectivity index (χ0) is 16.9. The van der Waals surface area contributed by atoms with Gasteiger partial charge in [-0.2, -0.15) is 0 Å². The minimum Gasteiger partial charge on any atom is -0.489 e. The predicted molar refractivity (Wildman–Crippen MR) is 95.3 cm³/mol. The molecule has 0 saturated carbocycles. The molecule has 0 aliphatic rings. The third-order valence-corrected chi connectivity index (χ3v) is 3.42. The predicted octanol–water partition coefficient (Wildman–Crippen LogP) is 5.34. The molecular weight excluding hydrogens is 348 g/mol. The van der Waals surface area contributed by atoms with Crippen LogP contribution in [0, 0.1) is 11.6 Å². The molecule has 0 aliphatic heterocycles. The van der Waals surface area contributed by atoms with E-state index in [2.05, 4.69) is 0 Å². The van der Waals surface area contributed by atoms with Crippen LogP contribution in [-0.2, 0) is 6.61 Å². The van der Waals surface area contributed by atoms with Crippen LogP contribution in [0.4, 0.5) is 14.5 Å². The van der Waals surface area contributed by atoms with Gasteiger partial charge < -0.3 is 15.2 Å². The van der Waals surface area contributed by atoms with E-state index in [1.807, 2.05) is 12.1 Å². The van der Waals surface area contributed by atoms with E-state index in [1.165, 1.54) is 18.2 Å². The molecule has 0 fully saturated rings. The van der Waals surface area contributed by atoms with Gasteiger partial charge in [-0.05, 0) is 48.5 Å². The first-order valence-electron chi connectivity index (χ1n) is 7.31. The van der Waals surface area contributed by atoms with Gasteiger partial charge in [-0.15, -0.1) is 12.4 Å². The van der Waals surface area contributed by atoms with E-state index in [0.717, 1.165) is 0 Å². The molecule has 0 radical (unpaired) electrons. The Morgan fingerprint density at radius 1 is 0.760 bits per heavy atom. The highest BCUT2D eigenvalue weighted by Gasteiger charge is 2.09. The van der Waals surface area contributed by atoms with E-state index in [9.17, 15) is 8.78 Å². The molecule has 25 heavy (non-hydrogen) atoms. The van der Waals surface area contributed by atoms with Gasteiger partial charge >= 0.3 is 0 Å². The average Bonchev–Trinajstić information content (AvgIpc) is 2.58. The summed E-state index contributed by atoms with van der Waals surface area (Å²) in [6, 6.07) is 17.6. The Labute approximate surface area is 150 Å². The standard InChI is InChI=1S/C19H15F2NO2.ClH/c20-16-4-3-5-17(21)15(16)12-23-13-8-10-14(11-9-13)24-19-7-2-1-6-18(19)22;/h1-11H,12,22H2;1H. The number of rotatable bonds is 5. The third-order valence-electron chi connectivity index (χ3n) is 3.42. The van der Waals surface area contributed by atoms with Gasteiger partial charge in [0, 0.05) is 0 Å². The Kier molecular flexibility index (Phi) is 6.19. The van der Waals surface area contributed by atoms with Crippen LogP contribution in [0.15, 0.2) is 66.7 Å². The fourth-order valence-electron chi connectivity index (χ4n) is 2.13. The first kappa shape index (κ1) is 18.5. The summed E-state index contributed by atoms with van der Waals surface area (Å²) in [5.74, 6) is 0.354. The summed E-state index contributed by atoms with van der Waals surface area (Å²) in [4.78, 5) is 0. The van der Waals surface area contributed by atoms with Crippen molar-refractivity contribution in [2.75, 3.05) is 5.73 Å². The van der Waals surface area contributed by atoms with Crippen LogP contribution >= 0.6 is 12.4 Å². The van der Waals surface area contributed by atoms with Crippen molar-refractivity contribution in [2.45, 2.75) is 6.61 Å². The van der Waals surface area contributed by atoms with Gasteiger partial charge in [0.15, 0.2) is 0 Å². The lowest BCUT2D eigenvalue weighted by molar-refractivity contribution is 0.292. The fourth-order valence-corrected chi connectivity index (χ4v) is 2.13. The van der Waals surface area contributed by atoms with Crippen molar-refractivity contribution in [2.24, 2.45) is 0 Å². The summed E-state index contributed by atoms with van der Waals surface area (Å²) in [7, 11) is 0. The van der Waals surface area contributed by atoms with Gasteiger partial charge in [-0.25, -0.2) is 8.78 Å². The molecule has 0 aromatic heterocycles. The summed E-state index contributed by atoms with van der Waals surface area (Å²) in [6.07, 6.45) is 0. The van der Waals surface area contributed by atoms with Gasteiger partial charge in [0.2, 0.25) is 0 Å². The molecule has 0 unspecified atom stereocenters. The minimum absolute atomic E-state index is 0. The third kappa shape index (κ3) is 4.61. The van der Waals surface area contributed by atoms with Crippen molar-refractivity contribution in [3.8, 4) is 17.2 Å². The normalized spacial score (nSPS) is 10.0. The van der Waals surface area contributed by atoms with E-state index >= 15 is 0 Å². The number of para-hydroxylation sites is 2. The van der Waals surface area contributed by atoms with Crippen LogP contribution < -0.4 is 15.2 Å². The second-order valence-electron chi connectivity index (χ2n) is 5.10. The van der Waals surface area contributed by atoms with Crippen molar-refractivity contribution in [3.63, 3.8) is 0 Å². The lowest BCUT2D eigenvalue weighted by Gasteiger charge is -2.10. The second-order valence-corrected chi connectivity index (χ2v) is 5.10. The lowest BCUT2D eigenvalue weighted by atomic mass is 10.2. The zero-order valence-electron chi connectivity index (χ0n) is 13.1. The highest BCUT2D eigenvalue weighted by Crippen LogP contribution is 2.28. The molecule has 3 rings (SSSR count). The highest BCUT2D eigenvalue weighted by molar-refractivity contribution is 5.85. The van der Waals surface area contributed by atoms with Crippen LogP contribution in [-0.4, -0.2) is 0 Å². The molecule has 3 nitrogen and oxygen atoms in total. The molecule has 0 bridgehead atoms. The van der Waals surface area contributed by atoms with Gasteiger partial charge in [-0.3, -0.25) is 0 Å². The number of hydrogen-bond donors (Lipinski definition) is 1. The largest absolute Gasteiger partial charge is 0.489 e. The first-order chi connectivity index (χ1) is 11.6. The molecule has 0 atom stereocenters. The number of benzene rings is 3. The van der Waals surface area contributed by atoms with Crippen molar-refractivity contribution in [1.29, 1.82) is 0 Å². The molecule has 0 heterocycles. The Morgan fingerprint density at radius 3 is 2.00 bits per heavy atom. The SMILES string of the molecule is Cl.Nc1ccccc1Oc1ccc(OCc2c(F)cccc2F)cc1. The Morgan fingerprint density at radius 2 is 1.36 bits per heavy atom. The Bertz CT molecular complexity index is 821. The smallest absolute Gasteiger partial charge is 0.150 e. The van der Waals surface area contributed by atoms with E-state index in [0.29, 0.717) is 22.9 Å². The fraction of sp³-hybridized carbons (Fsp3) is 0.0526. The molecule has 130 valence electrons. The second kappa shape index (κ2) is 8.35. The number of halogens is 3. The van der Waals surface area contributed by atoms with Crippen molar-refractivity contribution < 1.29 is 18.3 Å². The molecule has 2 N–H and O–H groups in total. The molecule has 3 aromatic rings. The lowest BCUT2D eigenvalue weighted by Crippen LogP contribution is -2.01. The highest BCUT2D eigenvalue weighted by atomic mass is 35.5. The molecule has 0 amide bonds. The van der Waals surface area contributed by atoms with E-state index < -0.39 is 11.6 Å². The maximum atomic E-state index is 13.5. The van der Waals surface area contributed by atoms with Gasteiger partial charge in [0.25, 0.3) is 0 Å². The molecule has 0 saturated heterocycles. The molecule has 3 aromatic carbocycles. The number of ether oxygens (including phenoxy) is 2. The zero-order valence-corrected chi connectivity index (χ0v) is 13.9. The van der Waals surface area contributed by atoms with Crippen LogP contribution in [0.3, 0.4) is 0 Å². The molecule has 0 spiro atoms. The molecule has 6 heteroatoms. The average molecular weight is 364 g/mol. The monoisotopic (exact) mass is 363 g/mol. The topological polar surface area (TPSA) is 44.5 Å². The number of nitrogens with two attached hydrogens (primary N) is 1. The molecule has 0 aliphatic carbocycles. The van der Waals surface area contributed by atoms with E-state index in [-0.39, 0.29) is 24.6 Å². The van der Waals surface area contributed by atoms with E-state index in [4.69, 9.17) is 15.2 Å². The van der Waals surface area contributed by atoms with Crippen LogP contribution in [0.5, 0.6) is 17.2 Å². The van der Waals surface area contributed by atoms with Crippen molar-refractivity contribution in [3.05, 3.63) is 83.9 Å². The minimum atomic E-state index is -0.630. The number of hydrogen-bond acceptors (Lipinski definition) is 3. The maximum Gasteiger partial charge on any atom is 0.150 e. The van der Waals surface area contributed by atoms with Crippen molar-refractivity contribution in [1.82, 2.24) is 0 Å². The Hall–Kier alpha value is -2.79. The van der Waals surface area contributed by atoms with E-state index in [1.54, 1.807) is 36.4 Å².